The summed E-state index contributed by atoms with van der Waals surface area (Å²) in [4.78, 5) is 14.4. The first-order chi connectivity index (χ1) is 9.20. The van der Waals surface area contributed by atoms with E-state index in [1.807, 2.05) is 11.9 Å². The molecule has 1 fully saturated rings. The van der Waals surface area contributed by atoms with Crippen molar-refractivity contribution in [3.63, 3.8) is 0 Å². The number of carbonyl (C=O) groups excluding carboxylic acids is 1. The molecule has 5 nitrogen and oxygen atoms in total. The first-order valence-electron chi connectivity index (χ1n) is 7.22. The minimum absolute atomic E-state index is 0.0994. The zero-order valence-corrected chi connectivity index (χ0v) is 11.9. The van der Waals surface area contributed by atoms with Crippen LogP contribution in [-0.2, 0) is 7.05 Å². The molecule has 5 heteroatoms. The van der Waals surface area contributed by atoms with E-state index in [1.54, 1.807) is 17.1 Å². The van der Waals surface area contributed by atoms with Gasteiger partial charge in [0.05, 0.1) is 11.8 Å². The monoisotopic (exact) mass is 264 g/mol. The maximum Gasteiger partial charge on any atom is 0.257 e. The predicted octanol–water partition coefficient (Wildman–Crippen LogP) is 1.41. The number of nitrogens with zero attached hydrogens (tertiary/aromatic N) is 3. The summed E-state index contributed by atoms with van der Waals surface area (Å²) in [5, 5.41) is 7.59. The lowest BCUT2D eigenvalue weighted by Gasteiger charge is -2.30. The Hall–Kier alpha value is -1.36. The van der Waals surface area contributed by atoms with E-state index in [0.717, 1.165) is 26.1 Å². The molecule has 1 amide bonds. The van der Waals surface area contributed by atoms with Crippen molar-refractivity contribution in [3.05, 3.63) is 18.0 Å². The summed E-state index contributed by atoms with van der Waals surface area (Å²) in [6.45, 7) is 4.80. The van der Waals surface area contributed by atoms with E-state index in [4.69, 9.17) is 0 Å². The van der Waals surface area contributed by atoms with Crippen LogP contribution < -0.4 is 5.32 Å². The lowest BCUT2D eigenvalue weighted by atomic mass is 10.0. The van der Waals surface area contributed by atoms with Crippen LogP contribution in [-0.4, -0.2) is 46.3 Å². The van der Waals surface area contributed by atoms with Crippen LogP contribution in [0.3, 0.4) is 0 Å². The molecule has 2 rings (SSSR count). The molecular formula is C14H24N4O. The van der Waals surface area contributed by atoms with Crippen LogP contribution in [0.1, 0.15) is 43.0 Å². The average Bonchev–Trinajstić information content (AvgIpc) is 2.85. The topological polar surface area (TPSA) is 50.2 Å². The van der Waals surface area contributed by atoms with Gasteiger partial charge in [-0.1, -0.05) is 13.3 Å². The largest absolute Gasteiger partial charge is 0.337 e. The van der Waals surface area contributed by atoms with E-state index in [0.29, 0.717) is 11.6 Å². The second kappa shape index (κ2) is 6.70. The fraction of sp³-hybridized carbons (Fsp3) is 0.714. The van der Waals surface area contributed by atoms with Gasteiger partial charge in [-0.25, -0.2) is 0 Å². The van der Waals surface area contributed by atoms with E-state index >= 15 is 0 Å². The average molecular weight is 264 g/mol. The second-order valence-electron chi connectivity index (χ2n) is 5.30. The molecule has 1 aromatic heterocycles. The molecule has 1 unspecified atom stereocenters. The summed E-state index contributed by atoms with van der Waals surface area (Å²) in [6, 6.07) is 0.445. The van der Waals surface area contributed by atoms with E-state index in [1.165, 1.54) is 19.3 Å². The third kappa shape index (κ3) is 3.80. The molecule has 106 valence electrons. The maximum atomic E-state index is 12.5. The van der Waals surface area contributed by atoms with Gasteiger partial charge in [0.25, 0.3) is 5.91 Å². The quantitative estimate of drug-likeness (QED) is 0.875. The molecule has 1 saturated heterocycles. The Bertz CT molecular complexity index is 409. The van der Waals surface area contributed by atoms with Gasteiger partial charge in [0.15, 0.2) is 0 Å². The molecule has 2 heterocycles. The lowest BCUT2D eigenvalue weighted by Crippen LogP contribution is -2.46. The molecule has 19 heavy (non-hydrogen) atoms. The van der Waals surface area contributed by atoms with Gasteiger partial charge in [-0.2, -0.15) is 5.10 Å². The molecule has 1 N–H and O–H groups in total. The minimum Gasteiger partial charge on any atom is -0.337 e. The van der Waals surface area contributed by atoms with Crippen molar-refractivity contribution in [3.8, 4) is 0 Å². The Morgan fingerprint density at radius 3 is 3.00 bits per heavy atom. The van der Waals surface area contributed by atoms with Gasteiger partial charge in [0, 0.05) is 32.4 Å². The highest BCUT2D eigenvalue weighted by Crippen LogP contribution is 2.11. The smallest absolute Gasteiger partial charge is 0.257 e. The predicted molar refractivity (Wildman–Crippen MR) is 75.0 cm³/mol. The fourth-order valence-electron chi connectivity index (χ4n) is 2.61. The van der Waals surface area contributed by atoms with E-state index < -0.39 is 0 Å². The molecular weight excluding hydrogens is 240 g/mol. The highest BCUT2D eigenvalue weighted by molar-refractivity contribution is 5.93. The fourth-order valence-corrected chi connectivity index (χ4v) is 2.61. The van der Waals surface area contributed by atoms with Gasteiger partial charge >= 0.3 is 0 Å². The molecule has 1 aromatic rings. The number of rotatable bonds is 5. The Morgan fingerprint density at radius 1 is 1.58 bits per heavy atom. The molecule has 0 spiro atoms. The maximum absolute atomic E-state index is 12.5. The third-order valence-electron chi connectivity index (χ3n) is 3.59. The van der Waals surface area contributed by atoms with Gasteiger partial charge < -0.3 is 10.2 Å². The SMILES string of the molecule is CCCN(CC1CCCCN1)C(=O)c1cnn(C)c1. The van der Waals surface area contributed by atoms with Crippen molar-refractivity contribution in [2.75, 3.05) is 19.6 Å². The van der Waals surface area contributed by atoms with Gasteiger partial charge in [-0.05, 0) is 25.8 Å². The minimum atomic E-state index is 0.0994. The van der Waals surface area contributed by atoms with Crippen molar-refractivity contribution in [1.29, 1.82) is 0 Å². The first-order valence-corrected chi connectivity index (χ1v) is 7.22. The first kappa shape index (κ1) is 14.1. The Balaban J connectivity index is 1.99. The molecule has 0 radical (unpaired) electrons. The van der Waals surface area contributed by atoms with Crippen LogP contribution in [0.2, 0.25) is 0 Å². The number of carbonyl (C=O) groups is 1. The molecule has 0 bridgehead atoms. The number of hydrogen-bond donors (Lipinski definition) is 1. The summed E-state index contributed by atoms with van der Waals surface area (Å²) >= 11 is 0. The number of aromatic nitrogens is 2. The normalized spacial score (nSPS) is 19.4. The van der Waals surface area contributed by atoms with Crippen molar-refractivity contribution in [1.82, 2.24) is 20.0 Å². The summed E-state index contributed by atoms with van der Waals surface area (Å²) in [5.74, 6) is 0.0994. The van der Waals surface area contributed by atoms with Gasteiger partial charge in [-0.3, -0.25) is 9.48 Å². The lowest BCUT2D eigenvalue weighted by molar-refractivity contribution is 0.0731. The van der Waals surface area contributed by atoms with Crippen molar-refractivity contribution in [2.45, 2.75) is 38.6 Å². The zero-order valence-electron chi connectivity index (χ0n) is 11.9. The van der Waals surface area contributed by atoms with Crippen LogP contribution in [0.15, 0.2) is 12.4 Å². The van der Waals surface area contributed by atoms with Crippen molar-refractivity contribution < 1.29 is 4.79 Å². The molecule has 1 atom stereocenters. The van der Waals surface area contributed by atoms with E-state index in [2.05, 4.69) is 17.3 Å². The summed E-state index contributed by atoms with van der Waals surface area (Å²) in [7, 11) is 1.84. The Kier molecular flexibility index (Phi) is 4.96. The van der Waals surface area contributed by atoms with Gasteiger partial charge in [0.2, 0.25) is 0 Å². The van der Waals surface area contributed by atoms with Crippen LogP contribution in [0.5, 0.6) is 0 Å². The van der Waals surface area contributed by atoms with Crippen molar-refractivity contribution >= 4 is 5.91 Å². The van der Waals surface area contributed by atoms with Crippen LogP contribution in [0.4, 0.5) is 0 Å². The Morgan fingerprint density at radius 2 is 2.42 bits per heavy atom. The summed E-state index contributed by atoms with van der Waals surface area (Å²) < 4.78 is 1.68. The van der Waals surface area contributed by atoms with E-state index in [-0.39, 0.29) is 5.91 Å². The molecule has 0 aromatic carbocycles. The number of amides is 1. The van der Waals surface area contributed by atoms with Crippen molar-refractivity contribution in [2.24, 2.45) is 7.05 Å². The number of piperidine rings is 1. The van der Waals surface area contributed by atoms with Gasteiger partial charge in [0.1, 0.15) is 0 Å². The molecule has 1 aliphatic rings. The van der Waals surface area contributed by atoms with E-state index in [9.17, 15) is 4.79 Å². The molecule has 1 aliphatic heterocycles. The van der Waals surface area contributed by atoms with Crippen LogP contribution in [0, 0.1) is 0 Å². The standard InChI is InChI=1S/C14H24N4O/c1-3-8-18(11-13-6-4-5-7-15-13)14(19)12-9-16-17(2)10-12/h9-10,13,15H,3-8,11H2,1-2H3. The third-order valence-corrected chi connectivity index (χ3v) is 3.59. The zero-order chi connectivity index (χ0) is 13.7. The Labute approximate surface area is 115 Å². The molecule has 0 saturated carbocycles. The van der Waals surface area contributed by atoms with Gasteiger partial charge in [-0.15, -0.1) is 0 Å². The van der Waals surface area contributed by atoms with Crippen LogP contribution in [0.25, 0.3) is 0 Å². The summed E-state index contributed by atoms with van der Waals surface area (Å²) in [5.41, 5.74) is 0.687. The summed E-state index contributed by atoms with van der Waals surface area (Å²) in [6.07, 6.45) is 8.11. The highest BCUT2D eigenvalue weighted by atomic mass is 16.2. The second-order valence-corrected chi connectivity index (χ2v) is 5.30. The number of nitrogens with one attached hydrogen (secondary N) is 1. The molecule has 0 aliphatic carbocycles. The number of aryl methyl sites for hydroxylation is 1. The number of hydrogen-bond acceptors (Lipinski definition) is 3. The van der Waals surface area contributed by atoms with Crippen LogP contribution >= 0.6 is 0 Å². The highest BCUT2D eigenvalue weighted by Gasteiger charge is 2.21.